The van der Waals surface area contributed by atoms with Crippen LogP contribution in [0.5, 0.6) is 0 Å². The largest absolute Gasteiger partial charge is 0.465 e. The molecule has 4 nitrogen and oxygen atoms in total. The van der Waals surface area contributed by atoms with Crippen molar-refractivity contribution in [2.75, 3.05) is 13.2 Å². The molecule has 0 amide bonds. The lowest BCUT2D eigenvalue weighted by Crippen LogP contribution is -2.41. The SMILES string of the molecule is CCOC(=O)C(C/C=C/c1ccccc1)(C/C=C/c1ccccc1)C(=O)OCC. The number of allylic oxidation sites excluding steroid dienone is 2. The molecule has 0 aromatic heterocycles. The molecule has 0 fully saturated rings. The number of ether oxygens (including phenoxy) is 2. The van der Waals surface area contributed by atoms with Crippen LogP contribution in [-0.2, 0) is 19.1 Å². The van der Waals surface area contributed by atoms with Crippen molar-refractivity contribution in [3.63, 3.8) is 0 Å². The summed E-state index contributed by atoms with van der Waals surface area (Å²) in [6.07, 6.45) is 7.85. The zero-order valence-corrected chi connectivity index (χ0v) is 17.0. The minimum Gasteiger partial charge on any atom is -0.465 e. The van der Waals surface area contributed by atoms with E-state index in [0.29, 0.717) is 0 Å². The molecule has 0 heterocycles. The summed E-state index contributed by atoms with van der Waals surface area (Å²) in [5.41, 5.74) is 0.575. The van der Waals surface area contributed by atoms with Gasteiger partial charge in [0.2, 0.25) is 0 Å². The predicted molar refractivity (Wildman–Crippen MR) is 116 cm³/mol. The third-order valence-corrected chi connectivity index (χ3v) is 4.48. The third kappa shape index (κ3) is 6.46. The summed E-state index contributed by atoms with van der Waals surface area (Å²) in [5, 5.41) is 0. The van der Waals surface area contributed by atoms with Gasteiger partial charge in [0.1, 0.15) is 0 Å². The first-order valence-corrected chi connectivity index (χ1v) is 9.90. The lowest BCUT2D eigenvalue weighted by Gasteiger charge is -2.27. The summed E-state index contributed by atoms with van der Waals surface area (Å²) in [5.74, 6) is -1.12. The van der Waals surface area contributed by atoms with Gasteiger partial charge in [-0.2, -0.15) is 0 Å². The van der Waals surface area contributed by atoms with Crippen molar-refractivity contribution in [3.05, 3.63) is 83.9 Å². The van der Waals surface area contributed by atoms with Crippen LogP contribution >= 0.6 is 0 Å². The van der Waals surface area contributed by atoms with Crippen LogP contribution in [0.1, 0.15) is 37.8 Å². The molecule has 0 unspecified atom stereocenters. The van der Waals surface area contributed by atoms with Crippen molar-refractivity contribution in [2.45, 2.75) is 26.7 Å². The van der Waals surface area contributed by atoms with Gasteiger partial charge in [0.15, 0.2) is 5.41 Å². The molecule has 0 radical (unpaired) electrons. The zero-order chi connectivity index (χ0) is 21.0. The number of esters is 2. The van der Waals surface area contributed by atoms with Gasteiger partial charge in [-0.15, -0.1) is 0 Å². The maximum atomic E-state index is 12.9. The molecule has 0 N–H and O–H groups in total. The van der Waals surface area contributed by atoms with Crippen molar-refractivity contribution < 1.29 is 19.1 Å². The monoisotopic (exact) mass is 392 g/mol. The second-order valence-corrected chi connectivity index (χ2v) is 6.56. The van der Waals surface area contributed by atoms with Crippen LogP contribution in [0.2, 0.25) is 0 Å². The van der Waals surface area contributed by atoms with E-state index in [-0.39, 0.29) is 26.1 Å². The number of hydrogen-bond acceptors (Lipinski definition) is 4. The van der Waals surface area contributed by atoms with Crippen LogP contribution < -0.4 is 0 Å². The van der Waals surface area contributed by atoms with Crippen LogP contribution in [0.25, 0.3) is 12.2 Å². The van der Waals surface area contributed by atoms with Crippen LogP contribution in [-0.4, -0.2) is 25.2 Å². The lowest BCUT2D eigenvalue weighted by molar-refractivity contribution is -0.171. The number of carbonyl (C=O) groups is 2. The van der Waals surface area contributed by atoms with E-state index in [2.05, 4.69) is 0 Å². The minimum atomic E-state index is -1.41. The molecule has 4 heteroatoms. The number of benzene rings is 2. The van der Waals surface area contributed by atoms with Crippen molar-refractivity contribution in [3.8, 4) is 0 Å². The van der Waals surface area contributed by atoms with E-state index in [9.17, 15) is 9.59 Å². The molecule has 0 aliphatic rings. The molecule has 0 saturated carbocycles. The molecule has 2 aromatic rings. The summed E-state index contributed by atoms with van der Waals surface area (Å²) in [6, 6.07) is 19.5. The maximum absolute atomic E-state index is 12.9. The summed E-state index contributed by atoms with van der Waals surface area (Å²) in [7, 11) is 0. The smallest absolute Gasteiger partial charge is 0.324 e. The molecular weight excluding hydrogens is 364 g/mol. The topological polar surface area (TPSA) is 52.6 Å². The second kappa shape index (κ2) is 11.6. The van der Waals surface area contributed by atoms with E-state index < -0.39 is 17.4 Å². The van der Waals surface area contributed by atoms with E-state index >= 15 is 0 Å². The Morgan fingerprint density at radius 2 is 1.10 bits per heavy atom. The fourth-order valence-corrected chi connectivity index (χ4v) is 2.96. The molecule has 0 atom stereocenters. The van der Waals surface area contributed by atoms with Gasteiger partial charge in [-0.05, 0) is 37.8 Å². The summed E-state index contributed by atoms with van der Waals surface area (Å²) in [6.45, 7) is 3.86. The predicted octanol–water partition coefficient (Wildman–Crippen LogP) is 5.31. The van der Waals surface area contributed by atoms with Crippen LogP contribution in [0.15, 0.2) is 72.8 Å². The van der Waals surface area contributed by atoms with Gasteiger partial charge in [0.25, 0.3) is 0 Å². The van der Waals surface area contributed by atoms with Crippen LogP contribution in [0, 0.1) is 5.41 Å². The summed E-state index contributed by atoms with van der Waals surface area (Å²) >= 11 is 0. The van der Waals surface area contributed by atoms with Gasteiger partial charge in [-0.1, -0.05) is 85.0 Å². The maximum Gasteiger partial charge on any atom is 0.324 e. The van der Waals surface area contributed by atoms with Gasteiger partial charge in [0, 0.05) is 0 Å². The first-order valence-electron chi connectivity index (χ1n) is 9.90. The van der Waals surface area contributed by atoms with Crippen molar-refractivity contribution >= 4 is 24.1 Å². The first kappa shape index (κ1) is 22.2. The highest BCUT2D eigenvalue weighted by Gasteiger charge is 2.47. The molecule has 0 spiro atoms. The Morgan fingerprint density at radius 1 is 0.724 bits per heavy atom. The fraction of sp³-hybridized carbons (Fsp3) is 0.280. The Hall–Kier alpha value is -3.14. The Morgan fingerprint density at radius 3 is 1.45 bits per heavy atom. The van der Waals surface area contributed by atoms with Crippen molar-refractivity contribution in [2.24, 2.45) is 5.41 Å². The van der Waals surface area contributed by atoms with E-state index in [1.165, 1.54) is 0 Å². The highest BCUT2D eigenvalue weighted by atomic mass is 16.6. The summed E-state index contributed by atoms with van der Waals surface area (Å²) < 4.78 is 10.5. The molecule has 152 valence electrons. The van der Waals surface area contributed by atoms with Crippen LogP contribution in [0.3, 0.4) is 0 Å². The molecular formula is C25H28O4. The Labute approximate surface area is 172 Å². The highest BCUT2D eigenvalue weighted by molar-refractivity contribution is 6.00. The summed E-state index contributed by atoms with van der Waals surface area (Å²) in [4.78, 5) is 25.8. The second-order valence-electron chi connectivity index (χ2n) is 6.56. The molecule has 0 bridgehead atoms. The minimum absolute atomic E-state index is 0.193. The number of hydrogen-bond donors (Lipinski definition) is 0. The normalized spacial score (nSPS) is 11.7. The van der Waals surface area contributed by atoms with Crippen molar-refractivity contribution in [1.29, 1.82) is 0 Å². The van der Waals surface area contributed by atoms with E-state index in [0.717, 1.165) is 11.1 Å². The zero-order valence-electron chi connectivity index (χ0n) is 17.0. The molecule has 0 saturated heterocycles. The Balaban J connectivity index is 2.30. The molecule has 2 rings (SSSR count). The molecule has 0 aliphatic carbocycles. The average molecular weight is 392 g/mol. The lowest BCUT2D eigenvalue weighted by atomic mass is 9.80. The van der Waals surface area contributed by atoms with Crippen LogP contribution in [0.4, 0.5) is 0 Å². The number of rotatable bonds is 10. The van der Waals surface area contributed by atoms with Gasteiger partial charge < -0.3 is 9.47 Å². The molecule has 29 heavy (non-hydrogen) atoms. The Kier molecular flexibility index (Phi) is 8.90. The van der Waals surface area contributed by atoms with E-state index in [4.69, 9.17) is 9.47 Å². The Bertz CT molecular complexity index is 751. The average Bonchev–Trinajstić information content (AvgIpc) is 2.74. The van der Waals surface area contributed by atoms with Gasteiger partial charge in [-0.25, -0.2) is 0 Å². The third-order valence-electron chi connectivity index (χ3n) is 4.48. The first-order chi connectivity index (χ1) is 14.1. The van der Waals surface area contributed by atoms with Gasteiger partial charge >= 0.3 is 11.9 Å². The van der Waals surface area contributed by atoms with Gasteiger partial charge in [0.05, 0.1) is 13.2 Å². The van der Waals surface area contributed by atoms with E-state index in [1.54, 1.807) is 13.8 Å². The fourth-order valence-electron chi connectivity index (χ4n) is 2.96. The molecule has 0 aliphatic heterocycles. The molecule has 2 aromatic carbocycles. The standard InChI is InChI=1S/C25H28O4/c1-3-28-23(26)25(24(27)29-4-2,19-11-17-21-13-7-5-8-14-21)20-12-18-22-15-9-6-10-16-22/h5-18H,3-4,19-20H2,1-2H3/b17-11+,18-12+. The van der Waals surface area contributed by atoms with Crippen molar-refractivity contribution in [1.82, 2.24) is 0 Å². The quantitative estimate of drug-likeness (QED) is 0.406. The van der Waals surface area contributed by atoms with E-state index in [1.807, 2.05) is 85.0 Å². The number of carbonyl (C=O) groups excluding carboxylic acids is 2. The van der Waals surface area contributed by atoms with Gasteiger partial charge in [-0.3, -0.25) is 9.59 Å². The highest BCUT2D eigenvalue weighted by Crippen LogP contribution is 2.33.